The van der Waals surface area contributed by atoms with E-state index in [9.17, 15) is 18.0 Å². The van der Waals surface area contributed by atoms with Gasteiger partial charge in [0, 0.05) is 31.4 Å². The number of alkyl halides is 3. The summed E-state index contributed by atoms with van der Waals surface area (Å²) in [5.41, 5.74) is 0.968. The van der Waals surface area contributed by atoms with E-state index < -0.39 is 17.6 Å². The van der Waals surface area contributed by atoms with Crippen molar-refractivity contribution in [3.63, 3.8) is 0 Å². The average Bonchev–Trinajstić information content (AvgIpc) is 3.67. The molecule has 0 radical (unpaired) electrons. The van der Waals surface area contributed by atoms with Crippen LogP contribution in [0.2, 0.25) is 0 Å². The van der Waals surface area contributed by atoms with E-state index in [1.54, 1.807) is 23.1 Å². The number of carbonyl (C=O) groups is 1. The third-order valence-corrected chi connectivity index (χ3v) is 9.05. The standard InChI is InChI=1S/C31H33F3N8O2/c1-4-44-29-36-26-17-40(8-9-42(26)38-29)15-20-10-23-24(25(11-20)31(32,33)34)16-41(27(23)43)22-7-5-6-21(12-22)30(13-19(2)14-30)28-37-35-18-39(28)3/h5-7,10-12,18-19H,4,8-9,13-17H2,1-3H3. The number of aryl methyl sites for hydroxylation is 1. The largest absolute Gasteiger partial charge is 0.463 e. The van der Waals surface area contributed by atoms with Crippen molar-refractivity contribution in [2.24, 2.45) is 13.0 Å². The molecular formula is C31H33F3N8O2. The molecule has 2 aromatic carbocycles. The van der Waals surface area contributed by atoms with Crippen LogP contribution in [0.3, 0.4) is 0 Å². The van der Waals surface area contributed by atoms with Crippen LogP contribution in [-0.4, -0.2) is 53.5 Å². The Hall–Kier alpha value is -4.26. The van der Waals surface area contributed by atoms with Crippen molar-refractivity contribution in [3.05, 3.63) is 82.2 Å². The molecule has 0 unspecified atom stereocenters. The fourth-order valence-corrected chi connectivity index (χ4v) is 7.13. The highest BCUT2D eigenvalue weighted by molar-refractivity contribution is 6.10. The van der Waals surface area contributed by atoms with Crippen LogP contribution in [0, 0.1) is 5.92 Å². The Balaban J connectivity index is 1.18. The molecule has 44 heavy (non-hydrogen) atoms. The topological polar surface area (TPSA) is 94.2 Å². The molecule has 230 valence electrons. The van der Waals surface area contributed by atoms with E-state index >= 15 is 0 Å². The third-order valence-electron chi connectivity index (χ3n) is 9.05. The molecule has 0 bridgehead atoms. The number of benzene rings is 2. The fraction of sp³-hybridized carbons (Fsp3) is 0.452. The monoisotopic (exact) mass is 606 g/mol. The van der Waals surface area contributed by atoms with Gasteiger partial charge in [-0.2, -0.15) is 18.2 Å². The van der Waals surface area contributed by atoms with Gasteiger partial charge in [0.2, 0.25) is 0 Å². The third kappa shape index (κ3) is 4.73. The normalized spacial score (nSPS) is 21.7. The number of hydrogen-bond donors (Lipinski definition) is 0. The molecule has 1 amide bonds. The van der Waals surface area contributed by atoms with Crippen molar-refractivity contribution < 1.29 is 22.7 Å². The molecule has 2 aliphatic heterocycles. The molecule has 2 aromatic heterocycles. The first-order valence-corrected chi connectivity index (χ1v) is 14.8. The first-order valence-electron chi connectivity index (χ1n) is 14.8. The highest BCUT2D eigenvalue weighted by atomic mass is 19.4. The van der Waals surface area contributed by atoms with Gasteiger partial charge >= 0.3 is 12.2 Å². The maximum Gasteiger partial charge on any atom is 0.416 e. The number of fused-ring (bicyclic) bond motifs is 2. The van der Waals surface area contributed by atoms with Crippen LogP contribution in [-0.2, 0) is 44.8 Å². The van der Waals surface area contributed by atoms with Crippen LogP contribution < -0.4 is 9.64 Å². The van der Waals surface area contributed by atoms with Gasteiger partial charge in [0.1, 0.15) is 18.0 Å². The highest BCUT2D eigenvalue weighted by Gasteiger charge is 2.48. The number of ether oxygens (including phenoxy) is 1. The SMILES string of the molecule is CCOc1nc2n(n1)CCN(Cc1cc3c(c(C(F)(F)F)c1)CN(c1cccc(C4(c5nncn5C)CC(C)C4)c1)C3=O)C2. The van der Waals surface area contributed by atoms with E-state index in [0.717, 1.165) is 24.2 Å². The van der Waals surface area contributed by atoms with Crippen LogP contribution in [0.4, 0.5) is 18.9 Å². The molecule has 0 spiro atoms. The molecule has 10 nitrogen and oxygen atoms in total. The van der Waals surface area contributed by atoms with Gasteiger partial charge in [-0.15, -0.1) is 15.3 Å². The number of aromatic nitrogens is 6. The second-order valence-electron chi connectivity index (χ2n) is 12.1. The van der Waals surface area contributed by atoms with Gasteiger partial charge in [0.05, 0.1) is 37.2 Å². The quantitative estimate of drug-likeness (QED) is 0.301. The predicted octanol–water partition coefficient (Wildman–Crippen LogP) is 4.72. The fourth-order valence-electron chi connectivity index (χ4n) is 7.13. The Morgan fingerprint density at radius 2 is 1.93 bits per heavy atom. The summed E-state index contributed by atoms with van der Waals surface area (Å²) in [6.45, 7) is 6.12. The van der Waals surface area contributed by atoms with E-state index in [1.165, 1.54) is 11.0 Å². The molecule has 0 saturated heterocycles. The summed E-state index contributed by atoms with van der Waals surface area (Å²) in [5, 5.41) is 12.8. The Morgan fingerprint density at radius 3 is 2.64 bits per heavy atom. The van der Waals surface area contributed by atoms with Crippen molar-refractivity contribution in [1.29, 1.82) is 0 Å². The zero-order chi connectivity index (χ0) is 30.8. The van der Waals surface area contributed by atoms with Crippen molar-refractivity contribution in [3.8, 4) is 6.01 Å². The summed E-state index contributed by atoms with van der Waals surface area (Å²) < 4.78 is 52.4. The van der Waals surface area contributed by atoms with Crippen LogP contribution >= 0.6 is 0 Å². The molecule has 1 saturated carbocycles. The molecule has 4 aromatic rings. The van der Waals surface area contributed by atoms with Gasteiger partial charge in [-0.3, -0.25) is 9.69 Å². The summed E-state index contributed by atoms with van der Waals surface area (Å²) in [6.07, 6.45) is -1.19. The molecule has 4 heterocycles. The van der Waals surface area contributed by atoms with Gasteiger partial charge in [-0.25, -0.2) is 4.68 Å². The summed E-state index contributed by atoms with van der Waals surface area (Å²) in [7, 11) is 1.91. The first kappa shape index (κ1) is 28.5. The van der Waals surface area contributed by atoms with Crippen LogP contribution in [0.25, 0.3) is 0 Å². The lowest BCUT2D eigenvalue weighted by Gasteiger charge is -2.46. The van der Waals surface area contributed by atoms with E-state index in [2.05, 4.69) is 27.2 Å². The highest BCUT2D eigenvalue weighted by Crippen LogP contribution is 2.52. The van der Waals surface area contributed by atoms with Crippen LogP contribution in [0.15, 0.2) is 42.7 Å². The number of rotatable bonds is 7. The van der Waals surface area contributed by atoms with E-state index in [-0.39, 0.29) is 29.6 Å². The van der Waals surface area contributed by atoms with Crippen LogP contribution in [0.1, 0.15) is 70.9 Å². The Kier molecular flexibility index (Phi) is 6.76. The maximum absolute atomic E-state index is 14.4. The summed E-state index contributed by atoms with van der Waals surface area (Å²) >= 11 is 0. The number of hydrogen-bond acceptors (Lipinski definition) is 7. The second-order valence-corrected chi connectivity index (χ2v) is 12.1. The molecule has 0 atom stereocenters. The molecule has 13 heteroatoms. The van der Waals surface area contributed by atoms with Gasteiger partial charge in [0.25, 0.3) is 5.91 Å². The van der Waals surface area contributed by atoms with E-state index in [1.807, 2.05) is 41.6 Å². The van der Waals surface area contributed by atoms with Gasteiger partial charge in [-0.1, -0.05) is 19.1 Å². The number of amides is 1. The van der Waals surface area contributed by atoms with Crippen molar-refractivity contribution in [2.45, 2.75) is 64.5 Å². The number of nitrogens with zero attached hydrogens (tertiary/aromatic N) is 8. The average molecular weight is 607 g/mol. The van der Waals surface area contributed by atoms with Crippen molar-refractivity contribution in [2.75, 3.05) is 18.1 Å². The first-order chi connectivity index (χ1) is 21.1. The summed E-state index contributed by atoms with van der Waals surface area (Å²) in [4.78, 5) is 21.7. The Labute approximate surface area is 252 Å². The maximum atomic E-state index is 14.4. The van der Waals surface area contributed by atoms with Crippen molar-refractivity contribution in [1.82, 2.24) is 34.4 Å². The van der Waals surface area contributed by atoms with E-state index in [4.69, 9.17) is 4.74 Å². The second kappa shape index (κ2) is 10.4. The Morgan fingerprint density at radius 1 is 1.11 bits per heavy atom. The van der Waals surface area contributed by atoms with Crippen LogP contribution in [0.5, 0.6) is 6.01 Å². The predicted molar refractivity (Wildman–Crippen MR) is 154 cm³/mol. The summed E-state index contributed by atoms with van der Waals surface area (Å²) in [5.74, 6) is 1.60. The van der Waals surface area contributed by atoms with Gasteiger partial charge in [0.15, 0.2) is 0 Å². The molecule has 3 aliphatic rings. The zero-order valence-electron chi connectivity index (χ0n) is 24.8. The minimum Gasteiger partial charge on any atom is -0.463 e. The lowest BCUT2D eigenvalue weighted by Crippen LogP contribution is -2.43. The molecular weight excluding hydrogens is 573 g/mol. The number of carbonyl (C=O) groups excluding carboxylic acids is 1. The van der Waals surface area contributed by atoms with Gasteiger partial charge in [-0.05, 0) is 66.6 Å². The van der Waals surface area contributed by atoms with Crippen molar-refractivity contribution >= 4 is 11.6 Å². The van der Waals surface area contributed by atoms with Gasteiger partial charge < -0.3 is 14.2 Å². The summed E-state index contributed by atoms with van der Waals surface area (Å²) in [6, 6.07) is 10.7. The lowest BCUT2D eigenvalue weighted by molar-refractivity contribution is -0.138. The molecule has 0 N–H and O–H groups in total. The minimum atomic E-state index is -4.61. The molecule has 7 rings (SSSR count). The Bertz CT molecular complexity index is 1740. The molecule has 1 fully saturated rings. The zero-order valence-corrected chi connectivity index (χ0v) is 24.8. The lowest BCUT2D eigenvalue weighted by atomic mass is 9.58. The number of anilines is 1. The van der Waals surface area contributed by atoms with E-state index in [0.29, 0.717) is 55.2 Å². The number of halogens is 3. The smallest absolute Gasteiger partial charge is 0.416 e. The minimum absolute atomic E-state index is 0.0108. The molecule has 1 aliphatic carbocycles.